The smallest absolute Gasteiger partial charge is 0.165 e. The van der Waals surface area contributed by atoms with Crippen molar-refractivity contribution in [2.24, 2.45) is 0 Å². The highest BCUT2D eigenvalue weighted by Crippen LogP contribution is 2.33. The van der Waals surface area contributed by atoms with E-state index in [2.05, 4.69) is 0 Å². The SMILES string of the molecule is COc1ccc(N)c(C)c1OC.Cl. The van der Waals surface area contributed by atoms with Crippen LogP contribution in [0.1, 0.15) is 5.56 Å². The molecule has 2 N–H and O–H groups in total. The third-order valence-corrected chi connectivity index (χ3v) is 1.84. The van der Waals surface area contributed by atoms with Gasteiger partial charge < -0.3 is 15.2 Å². The fourth-order valence-corrected chi connectivity index (χ4v) is 1.10. The van der Waals surface area contributed by atoms with Crippen molar-refractivity contribution >= 4 is 18.1 Å². The first kappa shape index (κ1) is 11.9. The van der Waals surface area contributed by atoms with E-state index < -0.39 is 0 Å². The summed E-state index contributed by atoms with van der Waals surface area (Å²) in [5.74, 6) is 1.42. The molecule has 1 aromatic rings. The molecule has 0 spiro atoms. The number of hydrogen-bond acceptors (Lipinski definition) is 3. The second-order valence-corrected chi connectivity index (χ2v) is 2.52. The fourth-order valence-electron chi connectivity index (χ4n) is 1.10. The molecule has 74 valence electrons. The molecule has 0 unspecified atom stereocenters. The van der Waals surface area contributed by atoms with Gasteiger partial charge in [0.15, 0.2) is 11.5 Å². The molecule has 4 heteroatoms. The molecular weight excluding hydrogens is 190 g/mol. The van der Waals surface area contributed by atoms with Gasteiger partial charge in [0.25, 0.3) is 0 Å². The van der Waals surface area contributed by atoms with Gasteiger partial charge in [0.2, 0.25) is 0 Å². The number of methoxy groups -OCH3 is 2. The summed E-state index contributed by atoms with van der Waals surface area (Å²) >= 11 is 0. The summed E-state index contributed by atoms with van der Waals surface area (Å²) in [6, 6.07) is 3.60. The van der Waals surface area contributed by atoms with Crippen LogP contribution < -0.4 is 15.2 Å². The van der Waals surface area contributed by atoms with Gasteiger partial charge in [-0.2, -0.15) is 0 Å². The molecule has 0 fully saturated rings. The lowest BCUT2D eigenvalue weighted by atomic mass is 10.1. The van der Waals surface area contributed by atoms with Crippen LogP contribution in [0.2, 0.25) is 0 Å². The summed E-state index contributed by atoms with van der Waals surface area (Å²) in [6.45, 7) is 1.90. The quantitative estimate of drug-likeness (QED) is 0.748. The van der Waals surface area contributed by atoms with E-state index in [1.807, 2.05) is 6.92 Å². The van der Waals surface area contributed by atoms with E-state index in [1.54, 1.807) is 26.4 Å². The molecule has 3 nitrogen and oxygen atoms in total. The Hall–Kier alpha value is -1.09. The Bertz CT molecular complexity index is 289. The average Bonchev–Trinajstić information content (AvgIpc) is 2.09. The molecule has 1 aromatic carbocycles. The lowest BCUT2D eigenvalue weighted by molar-refractivity contribution is 0.353. The van der Waals surface area contributed by atoms with Gasteiger partial charge in [-0.15, -0.1) is 12.4 Å². The molecule has 0 saturated carbocycles. The topological polar surface area (TPSA) is 44.5 Å². The second-order valence-electron chi connectivity index (χ2n) is 2.52. The van der Waals surface area contributed by atoms with Gasteiger partial charge in [0, 0.05) is 11.3 Å². The van der Waals surface area contributed by atoms with Crippen LogP contribution in [0.5, 0.6) is 11.5 Å². The van der Waals surface area contributed by atoms with E-state index in [1.165, 1.54) is 0 Å². The van der Waals surface area contributed by atoms with E-state index in [4.69, 9.17) is 15.2 Å². The van der Waals surface area contributed by atoms with E-state index in [0.717, 1.165) is 5.56 Å². The standard InChI is InChI=1S/C9H13NO2.ClH/c1-6-7(10)4-5-8(11-2)9(6)12-3;/h4-5H,10H2,1-3H3;1H. The van der Waals surface area contributed by atoms with Crippen molar-refractivity contribution in [3.05, 3.63) is 17.7 Å². The third-order valence-electron chi connectivity index (χ3n) is 1.84. The van der Waals surface area contributed by atoms with Gasteiger partial charge in [-0.1, -0.05) is 0 Å². The normalized spacial score (nSPS) is 8.85. The highest BCUT2D eigenvalue weighted by molar-refractivity contribution is 5.85. The number of nitrogens with two attached hydrogens (primary N) is 1. The lowest BCUT2D eigenvalue weighted by Crippen LogP contribution is -1.96. The predicted octanol–water partition coefficient (Wildman–Crippen LogP) is 2.02. The van der Waals surface area contributed by atoms with E-state index in [-0.39, 0.29) is 12.4 Å². The number of anilines is 1. The van der Waals surface area contributed by atoms with E-state index >= 15 is 0 Å². The highest BCUT2D eigenvalue weighted by atomic mass is 35.5. The van der Waals surface area contributed by atoms with Gasteiger partial charge >= 0.3 is 0 Å². The minimum absolute atomic E-state index is 0. The van der Waals surface area contributed by atoms with Crippen molar-refractivity contribution in [1.82, 2.24) is 0 Å². The molecule has 0 aliphatic heterocycles. The van der Waals surface area contributed by atoms with Crippen LogP contribution in [0.3, 0.4) is 0 Å². The number of benzene rings is 1. The predicted molar refractivity (Wildman–Crippen MR) is 55.9 cm³/mol. The maximum absolute atomic E-state index is 5.68. The highest BCUT2D eigenvalue weighted by Gasteiger charge is 2.08. The van der Waals surface area contributed by atoms with Crippen LogP contribution in [0.25, 0.3) is 0 Å². The molecule has 0 atom stereocenters. The second kappa shape index (κ2) is 4.82. The molecule has 0 radical (unpaired) electrons. The van der Waals surface area contributed by atoms with Gasteiger partial charge in [0.05, 0.1) is 14.2 Å². The maximum atomic E-state index is 5.68. The van der Waals surface area contributed by atoms with Gasteiger partial charge in [-0.05, 0) is 19.1 Å². The van der Waals surface area contributed by atoms with Crippen LogP contribution in [-0.2, 0) is 0 Å². The molecule has 0 aromatic heterocycles. The summed E-state index contributed by atoms with van der Waals surface area (Å²) in [4.78, 5) is 0. The Kier molecular flexibility index (Phi) is 4.42. The molecule has 0 aliphatic carbocycles. The third kappa shape index (κ3) is 2.18. The first-order valence-electron chi connectivity index (χ1n) is 3.67. The first-order valence-corrected chi connectivity index (χ1v) is 3.67. The zero-order valence-corrected chi connectivity index (χ0v) is 8.77. The van der Waals surface area contributed by atoms with Crippen LogP contribution in [0.15, 0.2) is 12.1 Å². The van der Waals surface area contributed by atoms with Gasteiger partial charge in [-0.3, -0.25) is 0 Å². The Labute approximate surface area is 84.2 Å². The monoisotopic (exact) mass is 203 g/mol. The Morgan fingerprint density at radius 2 is 1.77 bits per heavy atom. The molecule has 1 rings (SSSR count). The molecule has 0 saturated heterocycles. The van der Waals surface area contributed by atoms with Crippen LogP contribution in [0, 0.1) is 6.92 Å². The molecule has 0 heterocycles. The van der Waals surface area contributed by atoms with Crippen LogP contribution in [-0.4, -0.2) is 14.2 Å². The maximum Gasteiger partial charge on any atom is 0.165 e. The molecule has 13 heavy (non-hydrogen) atoms. The van der Waals surface area contributed by atoms with Gasteiger partial charge in [-0.25, -0.2) is 0 Å². The molecule has 0 bridgehead atoms. The number of rotatable bonds is 2. The summed E-state index contributed by atoms with van der Waals surface area (Å²) in [5, 5.41) is 0. The average molecular weight is 204 g/mol. The summed E-state index contributed by atoms with van der Waals surface area (Å²) in [7, 11) is 3.21. The van der Waals surface area contributed by atoms with Crippen molar-refractivity contribution < 1.29 is 9.47 Å². The first-order chi connectivity index (χ1) is 5.70. The zero-order chi connectivity index (χ0) is 9.14. The van der Waals surface area contributed by atoms with Crippen molar-refractivity contribution in [3.8, 4) is 11.5 Å². The zero-order valence-electron chi connectivity index (χ0n) is 7.96. The van der Waals surface area contributed by atoms with Crippen LogP contribution in [0.4, 0.5) is 5.69 Å². The lowest BCUT2D eigenvalue weighted by Gasteiger charge is -2.11. The molecule has 0 amide bonds. The Morgan fingerprint density at radius 3 is 2.23 bits per heavy atom. The summed E-state index contributed by atoms with van der Waals surface area (Å²) in [5.41, 5.74) is 7.31. The van der Waals surface area contributed by atoms with E-state index in [0.29, 0.717) is 17.2 Å². The van der Waals surface area contributed by atoms with Gasteiger partial charge in [0.1, 0.15) is 0 Å². The van der Waals surface area contributed by atoms with Crippen molar-refractivity contribution in [3.63, 3.8) is 0 Å². The number of halogens is 1. The molecule has 0 aliphatic rings. The number of ether oxygens (including phenoxy) is 2. The minimum atomic E-state index is 0. The largest absolute Gasteiger partial charge is 0.493 e. The number of hydrogen-bond donors (Lipinski definition) is 1. The minimum Gasteiger partial charge on any atom is -0.493 e. The molecular formula is C9H14ClNO2. The Morgan fingerprint density at radius 1 is 1.15 bits per heavy atom. The van der Waals surface area contributed by atoms with E-state index in [9.17, 15) is 0 Å². The van der Waals surface area contributed by atoms with Crippen molar-refractivity contribution in [2.75, 3.05) is 20.0 Å². The van der Waals surface area contributed by atoms with Crippen molar-refractivity contribution in [1.29, 1.82) is 0 Å². The summed E-state index contributed by atoms with van der Waals surface area (Å²) in [6.07, 6.45) is 0. The summed E-state index contributed by atoms with van der Waals surface area (Å²) < 4.78 is 10.2. The number of nitrogen functional groups attached to an aromatic ring is 1. The van der Waals surface area contributed by atoms with Crippen LogP contribution >= 0.6 is 12.4 Å². The fraction of sp³-hybridized carbons (Fsp3) is 0.333. The van der Waals surface area contributed by atoms with Crippen molar-refractivity contribution in [2.45, 2.75) is 6.92 Å². The Balaban J connectivity index is 0.00000144.